The number of amides is 1. The zero-order chi connectivity index (χ0) is 39.0. The molecule has 0 rings (SSSR count). The van der Waals surface area contributed by atoms with Gasteiger partial charge in [-0.05, 0) is 65.1 Å². The van der Waals surface area contributed by atoms with Gasteiger partial charge in [0.1, 0.15) is 0 Å². The van der Waals surface area contributed by atoms with Crippen LogP contribution < -0.4 is 0 Å². The number of esters is 1. The van der Waals surface area contributed by atoms with Gasteiger partial charge >= 0.3 is 5.97 Å². The first-order valence-electron chi connectivity index (χ1n) is 23.6. The Hall–Kier alpha value is -1.14. The van der Waals surface area contributed by atoms with Crippen molar-refractivity contribution >= 4 is 11.9 Å². The maximum Gasteiger partial charge on any atom is 0.305 e. The van der Waals surface area contributed by atoms with Crippen molar-refractivity contribution in [3.8, 4) is 0 Å². The Kier molecular flexibility index (Phi) is 39.6. The van der Waals surface area contributed by atoms with Crippen molar-refractivity contribution in [2.75, 3.05) is 33.9 Å². The van der Waals surface area contributed by atoms with Crippen LogP contribution in [0.5, 0.6) is 0 Å². The van der Waals surface area contributed by atoms with Crippen molar-refractivity contribution in [2.45, 2.75) is 252 Å². The van der Waals surface area contributed by atoms with Crippen LogP contribution in [0.25, 0.3) is 0 Å². The summed E-state index contributed by atoms with van der Waals surface area (Å²) in [5.41, 5.74) is 0. The van der Waals surface area contributed by atoms with Crippen LogP contribution in [0.3, 0.4) is 0 Å². The van der Waals surface area contributed by atoms with E-state index in [0.29, 0.717) is 32.0 Å². The number of nitrogens with zero attached hydrogens (tertiary/aromatic N) is 2. The molecule has 6 nitrogen and oxygen atoms in total. The third-order valence-corrected chi connectivity index (χ3v) is 11.1. The number of carbonyl (C=O) groups is 2. The molecule has 0 aromatic carbocycles. The first kappa shape index (κ1) is 51.9. The largest absolute Gasteiger partial charge is 0.466 e. The first-order chi connectivity index (χ1) is 25.9. The Morgan fingerprint density at radius 3 is 1.40 bits per heavy atom. The van der Waals surface area contributed by atoms with Crippen molar-refractivity contribution in [1.29, 1.82) is 0 Å². The molecular weight excluding hydrogens is 657 g/mol. The average molecular weight is 751 g/mol. The molecule has 6 heteroatoms. The molecule has 53 heavy (non-hydrogen) atoms. The monoisotopic (exact) mass is 751 g/mol. The molecule has 316 valence electrons. The number of hydroxylamine groups is 2. The molecule has 1 amide bonds. The van der Waals surface area contributed by atoms with Gasteiger partial charge in [0.2, 0.25) is 5.91 Å². The summed E-state index contributed by atoms with van der Waals surface area (Å²) in [7, 11) is 4.15. The van der Waals surface area contributed by atoms with Gasteiger partial charge in [-0.3, -0.25) is 14.4 Å². The van der Waals surface area contributed by atoms with Crippen molar-refractivity contribution in [2.24, 2.45) is 5.92 Å². The second-order valence-electron chi connectivity index (χ2n) is 16.7. The minimum absolute atomic E-state index is 0.0257. The van der Waals surface area contributed by atoms with Crippen LogP contribution in [0.15, 0.2) is 0 Å². The second-order valence-corrected chi connectivity index (χ2v) is 16.7. The maximum atomic E-state index is 13.7. The number of ether oxygens (including phenoxy) is 1. The Morgan fingerprint density at radius 1 is 0.453 bits per heavy atom. The molecule has 0 N–H and O–H groups in total. The fraction of sp³-hybridized carbons (Fsp3) is 0.957. The number of hydrogen-bond donors (Lipinski definition) is 0. The van der Waals surface area contributed by atoms with Gasteiger partial charge in [0.15, 0.2) is 0 Å². The van der Waals surface area contributed by atoms with Crippen LogP contribution in [0, 0.1) is 5.92 Å². The lowest BCUT2D eigenvalue weighted by Gasteiger charge is -2.31. The quantitative estimate of drug-likeness (QED) is 0.0353. The minimum atomic E-state index is -0.0257. The van der Waals surface area contributed by atoms with Gasteiger partial charge in [-0.25, -0.2) is 5.06 Å². The van der Waals surface area contributed by atoms with Crippen LogP contribution in [0.2, 0.25) is 0 Å². The summed E-state index contributed by atoms with van der Waals surface area (Å²) in [5, 5.41) is 1.84. The molecule has 1 unspecified atom stereocenters. The summed E-state index contributed by atoms with van der Waals surface area (Å²) < 4.78 is 5.71. The van der Waals surface area contributed by atoms with E-state index in [1.807, 2.05) is 5.06 Å². The lowest BCUT2D eigenvalue weighted by Crippen LogP contribution is -2.41. The molecule has 0 aromatic heterocycles. The lowest BCUT2D eigenvalue weighted by molar-refractivity contribution is -0.203. The molecule has 0 saturated carbocycles. The molecule has 0 aromatic rings. The van der Waals surface area contributed by atoms with Gasteiger partial charge in [-0.15, -0.1) is 0 Å². The Labute approximate surface area is 332 Å². The molecule has 1 atom stereocenters. The van der Waals surface area contributed by atoms with Gasteiger partial charge in [-0.2, -0.15) is 0 Å². The average Bonchev–Trinajstić information content (AvgIpc) is 3.14. The van der Waals surface area contributed by atoms with E-state index in [-0.39, 0.29) is 17.9 Å². The van der Waals surface area contributed by atoms with Gasteiger partial charge < -0.3 is 9.64 Å². The van der Waals surface area contributed by atoms with E-state index in [2.05, 4.69) is 46.7 Å². The Morgan fingerprint density at radius 2 is 0.887 bits per heavy atom. The summed E-state index contributed by atoms with van der Waals surface area (Å²) in [6.45, 7) is 11.2. The predicted octanol–water partition coefficient (Wildman–Crippen LogP) is 14.2. The van der Waals surface area contributed by atoms with E-state index in [4.69, 9.17) is 9.57 Å². The summed E-state index contributed by atoms with van der Waals surface area (Å²) in [5.74, 6) is 0.836. The smallest absolute Gasteiger partial charge is 0.305 e. The van der Waals surface area contributed by atoms with Gasteiger partial charge in [0, 0.05) is 12.8 Å². The highest BCUT2D eigenvalue weighted by molar-refractivity contribution is 5.75. The molecule has 0 spiro atoms. The third kappa shape index (κ3) is 35.0. The molecule has 0 heterocycles. The third-order valence-electron chi connectivity index (χ3n) is 11.1. The zero-order valence-electron chi connectivity index (χ0n) is 36.8. The summed E-state index contributed by atoms with van der Waals surface area (Å²) in [6.07, 6.45) is 39.8. The zero-order valence-corrected chi connectivity index (χ0v) is 36.8. The second kappa shape index (κ2) is 40.5. The number of unbranched alkanes of at least 4 members (excludes halogenated alkanes) is 21. The number of rotatable bonds is 42. The topological polar surface area (TPSA) is 59.1 Å². The van der Waals surface area contributed by atoms with E-state index >= 15 is 0 Å². The van der Waals surface area contributed by atoms with Crippen LogP contribution in [-0.2, 0) is 19.2 Å². The van der Waals surface area contributed by atoms with E-state index in [9.17, 15) is 9.59 Å². The molecular formula is C47H94N2O4. The highest BCUT2D eigenvalue weighted by Crippen LogP contribution is 2.23. The highest BCUT2D eigenvalue weighted by atomic mass is 16.7. The Bertz CT molecular complexity index is 766. The van der Waals surface area contributed by atoms with E-state index in [1.165, 1.54) is 141 Å². The SMILES string of the molecule is CCCCCCCCCCON(C(=O)CCCN(C)C)C(CCCCCCCCCC)CCCCCCC(=O)OCCC(CCCCC)CCCCC. The van der Waals surface area contributed by atoms with Crippen LogP contribution in [-0.4, -0.2) is 61.7 Å². The fourth-order valence-electron chi connectivity index (χ4n) is 7.54. The van der Waals surface area contributed by atoms with Crippen molar-refractivity contribution in [3.05, 3.63) is 0 Å². The summed E-state index contributed by atoms with van der Waals surface area (Å²) in [6, 6.07) is 0.142. The van der Waals surface area contributed by atoms with Gasteiger partial charge in [0.05, 0.1) is 19.3 Å². The molecule has 0 radical (unpaired) electrons. The molecule has 0 saturated heterocycles. The van der Waals surface area contributed by atoms with E-state index in [1.54, 1.807) is 0 Å². The highest BCUT2D eigenvalue weighted by Gasteiger charge is 2.24. The molecule has 0 aliphatic heterocycles. The minimum Gasteiger partial charge on any atom is -0.466 e. The van der Waals surface area contributed by atoms with Crippen molar-refractivity contribution in [1.82, 2.24) is 9.96 Å². The summed E-state index contributed by atoms with van der Waals surface area (Å²) >= 11 is 0. The summed E-state index contributed by atoms with van der Waals surface area (Å²) in [4.78, 5) is 34.8. The van der Waals surface area contributed by atoms with E-state index < -0.39 is 0 Å². The number of carbonyl (C=O) groups excluding carboxylic acids is 2. The standard InChI is InChI=1S/C47H94N2O4/c1-7-11-15-17-19-21-23-29-36-45(49(46(50)38-33-41-48(5)6)53-42-32-26-22-20-18-16-12-8-2)37-30-24-25-31-39-47(51)52-43-40-44(34-27-13-9-3)35-28-14-10-4/h44-45H,7-43H2,1-6H3. The van der Waals surface area contributed by atoms with Gasteiger partial charge in [0.25, 0.3) is 0 Å². The van der Waals surface area contributed by atoms with Gasteiger partial charge in [-0.1, -0.05) is 195 Å². The predicted molar refractivity (Wildman–Crippen MR) is 229 cm³/mol. The lowest BCUT2D eigenvalue weighted by atomic mass is 9.92. The maximum absolute atomic E-state index is 13.7. The normalized spacial score (nSPS) is 12.2. The molecule has 0 fully saturated rings. The number of hydrogen-bond acceptors (Lipinski definition) is 5. The van der Waals surface area contributed by atoms with Crippen molar-refractivity contribution < 1.29 is 19.2 Å². The molecule has 0 bridgehead atoms. The van der Waals surface area contributed by atoms with Crippen LogP contribution >= 0.6 is 0 Å². The first-order valence-corrected chi connectivity index (χ1v) is 23.6. The van der Waals surface area contributed by atoms with Crippen LogP contribution in [0.4, 0.5) is 0 Å². The van der Waals surface area contributed by atoms with E-state index in [0.717, 1.165) is 70.8 Å². The van der Waals surface area contributed by atoms with Crippen molar-refractivity contribution in [3.63, 3.8) is 0 Å². The molecule has 0 aliphatic rings. The Balaban J connectivity index is 4.97. The fourth-order valence-corrected chi connectivity index (χ4v) is 7.54. The molecule has 0 aliphatic carbocycles. The van der Waals surface area contributed by atoms with Crippen LogP contribution in [0.1, 0.15) is 246 Å².